The smallest absolute Gasteiger partial charge is 0.101 e. The molecular weight excluding hydrogens is 236 g/mol. The van der Waals surface area contributed by atoms with Crippen molar-refractivity contribution in [3.63, 3.8) is 0 Å². The highest BCUT2D eigenvalue weighted by molar-refractivity contribution is 5.59. The minimum absolute atomic E-state index is 0.109. The molecule has 0 radical (unpaired) electrons. The molecule has 4 nitrogen and oxygen atoms in total. The Morgan fingerprint density at radius 2 is 1.95 bits per heavy atom. The average Bonchev–Trinajstić information content (AvgIpc) is 2.47. The zero-order chi connectivity index (χ0) is 13.9. The van der Waals surface area contributed by atoms with Gasteiger partial charge in [0.15, 0.2) is 0 Å². The summed E-state index contributed by atoms with van der Waals surface area (Å²) >= 11 is 0. The molecule has 1 aliphatic heterocycles. The van der Waals surface area contributed by atoms with Crippen LogP contribution in [-0.4, -0.2) is 44.2 Å². The lowest BCUT2D eigenvalue weighted by Crippen LogP contribution is -2.57. The average molecular weight is 258 g/mol. The second-order valence-electron chi connectivity index (χ2n) is 5.44. The molecule has 1 aromatic rings. The number of likely N-dealkylation sites (N-methyl/N-ethyl adjacent to an activating group) is 1. The number of para-hydroxylation sites is 1. The molecule has 0 amide bonds. The molecule has 2 rings (SSSR count). The van der Waals surface area contributed by atoms with Gasteiger partial charge >= 0.3 is 0 Å². The largest absolute Gasteiger partial charge is 0.370 e. The molecule has 0 aliphatic carbocycles. The van der Waals surface area contributed by atoms with E-state index in [1.165, 1.54) is 0 Å². The first-order chi connectivity index (χ1) is 9.13. The van der Waals surface area contributed by atoms with Crippen LogP contribution in [0, 0.1) is 11.3 Å². The van der Waals surface area contributed by atoms with Crippen LogP contribution in [0.1, 0.15) is 18.4 Å². The molecule has 1 aliphatic rings. The van der Waals surface area contributed by atoms with E-state index in [1.54, 1.807) is 0 Å². The van der Waals surface area contributed by atoms with Gasteiger partial charge in [0.05, 0.1) is 11.3 Å². The topological polar surface area (TPSA) is 56.3 Å². The van der Waals surface area contributed by atoms with Crippen molar-refractivity contribution in [2.24, 2.45) is 5.73 Å². The first kappa shape index (κ1) is 13.9. The first-order valence-corrected chi connectivity index (χ1v) is 6.74. The summed E-state index contributed by atoms with van der Waals surface area (Å²) in [6.45, 7) is 2.59. The van der Waals surface area contributed by atoms with Crippen molar-refractivity contribution in [1.29, 1.82) is 5.26 Å². The lowest BCUT2D eigenvalue weighted by Gasteiger charge is -2.46. The van der Waals surface area contributed by atoms with Gasteiger partial charge < -0.3 is 15.5 Å². The molecule has 4 heteroatoms. The zero-order valence-corrected chi connectivity index (χ0v) is 11.8. The molecular formula is C15H22N4. The molecule has 0 unspecified atom stereocenters. The van der Waals surface area contributed by atoms with Crippen LogP contribution in [0.4, 0.5) is 5.69 Å². The van der Waals surface area contributed by atoms with Crippen LogP contribution in [0.3, 0.4) is 0 Å². The van der Waals surface area contributed by atoms with E-state index in [1.807, 2.05) is 24.3 Å². The Bertz CT molecular complexity index is 467. The molecule has 0 aromatic heterocycles. The molecule has 1 fully saturated rings. The van der Waals surface area contributed by atoms with Gasteiger partial charge in [-0.05, 0) is 39.1 Å². The first-order valence-electron chi connectivity index (χ1n) is 6.74. The number of nitrogens with two attached hydrogens (primary N) is 1. The number of nitrogens with zero attached hydrogens (tertiary/aromatic N) is 3. The predicted octanol–water partition coefficient (Wildman–Crippen LogP) is 1.42. The third-order valence-electron chi connectivity index (χ3n) is 4.39. The van der Waals surface area contributed by atoms with Crippen molar-refractivity contribution in [3.05, 3.63) is 29.8 Å². The molecule has 0 bridgehead atoms. The molecule has 19 heavy (non-hydrogen) atoms. The second kappa shape index (κ2) is 5.60. The van der Waals surface area contributed by atoms with E-state index in [-0.39, 0.29) is 5.54 Å². The summed E-state index contributed by atoms with van der Waals surface area (Å²) < 4.78 is 0. The number of rotatable bonds is 3. The highest BCUT2D eigenvalue weighted by atomic mass is 15.2. The van der Waals surface area contributed by atoms with Gasteiger partial charge in [0.1, 0.15) is 6.07 Å². The number of hydrogen-bond donors (Lipinski definition) is 1. The summed E-state index contributed by atoms with van der Waals surface area (Å²) in [6, 6.07) is 10.1. The Morgan fingerprint density at radius 3 is 2.47 bits per heavy atom. The Balaban J connectivity index is 2.14. The Kier molecular flexibility index (Phi) is 4.08. The molecule has 0 atom stereocenters. The van der Waals surface area contributed by atoms with Crippen LogP contribution < -0.4 is 10.6 Å². The van der Waals surface area contributed by atoms with E-state index in [0.717, 1.165) is 37.2 Å². The van der Waals surface area contributed by atoms with Gasteiger partial charge in [0.2, 0.25) is 0 Å². The molecule has 1 aromatic carbocycles. The van der Waals surface area contributed by atoms with Gasteiger partial charge in [-0.25, -0.2) is 0 Å². The fourth-order valence-corrected chi connectivity index (χ4v) is 2.84. The minimum atomic E-state index is 0.109. The van der Waals surface area contributed by atoms with Crippen molar-refractivity contribution in [1.82, 2.24) is 4.90 Å². The van der Waals surface area contributed by atoms with Crippen LogP contribution in [0.5, 0.6) is 0 Å². The quantitative estimate of drug-likeness (QED) is 0.891. The second-order valence-corrected chi connectivity index (χ2v) is 5.44. The van der Waals surface area contributed by atoms with Crippen LogP contribution in [0.25, 0.3) is 0 Å². The van der Waals surface area contributed by atoms with E-state index >= 15 is 0 Å². The fraction of sp³-hybridized carbons (Fsp3) is 0.533. The Hall–Kier alpha value is -1.57. The van der Waals surface area contributed by atoms with Gasteiger partial charge in [0.25, 0.3) is 0 Å². The van der Waals surface area contributed by atoms with Crippen LogP contribution in [-0.2, 0) is 0 Å². The van der Waals surface area contributed by atoms with Crippen LogP contribution in [0.15, 0.2) is 24.3 Å². The third-order valence-corrected chi connectivity index (χ3v) is 4.39. The molecule has 1 heterocycles. The standard InChI is InChI=1S/C15H22N4/c1-18(2)15(12-17)7-9-19(10-8-15)14-6-4-3-5-13(14)11-16/h3-6H,7-10,12,17H2,1-2H3. The maximum absolute atomic E-state index is 9.18. The van der Waals surface area contributed by atoms with E-state index < -0.39 is 0 Å². The summed E-state index contributed by atoms with van der Waals surface area (Å²) in [4.78, 5) is 4.55. The van der Waals surface area contributed by atoms with E-state index in [4.69, 9.17) is 5.73 Å². The summed E-state index contributed by atoms with van der Waals surface area (Å²) in [5, 5.41) is 9.18. The van der Waals surface area contributed by atoms with E-state index in [9.17, 15) is 5.26 Å². The molecule has 1 saturated heterocycles. The molecule has 0 saturated carbocycles. The van der Waals surface area contributed by atoms with Crippen molar-refractivity contribution in [3.8, 4) is 6.07 Å². The number of piperidine rings is 1. The normalized spacial score (nSPS) is 18.4. The highest BCUT2D eigenvalue weighted by Gasteiger charge is 2.35. The number of anilines is 1. The summed E-state index contributed by atoms with van der Waals surface area (Å²) in [5.74, 6) is 0. The Morgan fingerprint density at radius 1 is 1.32 bits per heavy atom. The lowest BCUT2D eigenvalue weighted by atomic mass is 9.86. The van der Waals surface area contributed by atoms with Crippen LogP contribution >= 0.6 is 0 Å². The monoisotopic (exact) mass is 258 g/mol. The van der Waals surface area contributed by atoms with Crippen LogP contribution in [0.2, 0.25) is 0 Å². The number of benzene rings is 1. The van der Waals surface area contributed by atoms with Gasteiger partial charge in [-0.3, -0.25) is 0 Å². The summed E-state index contributed by atoms with van der Waals surface area (Å²) in [6.07, 6.45) is 2.08. The van der Waals surface area contributed by atoms with Gasteiger partial charge in [-0.15, -0.1) is 0 Å². The van der Waals surface area contributed by atoms with Crippen molar-refractivity contribution >= 4 is 5.69 Å². The SMILES string of the molecule is CN(C)C1(CN)CCN(c2ccccc2C#N)CC1. The van der Waals surface area contributed by atoms with Crippen molar-refractivity contribution in [2.45, 2.75) is 18.4 Å². The summed E-state index contributed by atoms with van der Waals surface area (Å²) in [7, 11) is 4.21. The van der Waals surface area contributed by atoms with E-state index in [2.05, 4.69) is 30.0 Å². The molecule has 102 valence electrons. The van der Waals surface area contributed by atoms with Crippen molar-refractivity contribution in [2.75, 3.05) is 38.6 Å². The van der Waals surface area contributed by atoms with E-state index in [0.29, 0.717) is 6.54 Å². The van der Waals surface area contributed by atoms with Gasteiger partial charge in [-0.2, -0.15) is 5.26 Å². The fourth-order valence-electron chi connectivity index (χ4n) is 2.84. The zero-order valence-electron chi connectivity index (χ0n) is 11.8. The third kappa shape index (κ3) is 2.58. The van der Waals surface area contributed by atoms with Gasteiger partial charge in [-0.1, -0.05) is 12.1 Å². The number of hydrogen-bond acceptors (Lipinski definition) is 4. The maximum Gasteiger partial charge on any atom is 0.101 e. The Labute approximate surface area is 115 Å². The van der Waals surface area contributed by atoms with Crippen molar-refractivity contribution < 1.29 is 0 Å². The molecule has 2 N–H and O–H groups in total. The highest BCUT2D eigenvalue weighted by Crippen LogP contribution is 2.30. The minimum Gasteiger partial charge on any atom is -0.370 e. The predicted molar refractivity (Wildman–Crippen MR) is 78.1 cm³/mol. The maximum atomic E-state index is 9.18. The number of nitriles is 1. The van der Waals surface area contributed by atoms with Gasteiger partial charge in [0, 0.05) is 25.2 Å². The summed E-state index contributed by atoms with van der Waals surface area (Å²) in [5.41, 5.74) is 7.88. The lowest BCUT2D eigenvalue weighted by molar-refractivity contribution is 0.125. The molecule has 0 spiro atoms.